The minimum absolute atomic E-state index is 0.0140. The van der Waals surface area contributed by atoms with E-state index in [-0.39, 0.29) is 11.8 Å². The number of ketones is 1. The second-order valence-corrected chi connectivity index (χ2v) is 5.22. The van der Waals surface area contributed by atoms with Crippen LogP contribution in [0.3, 0.4) is 0 Å². The molecule has 3 nitrogen and oxygen atoms in total. The molecule has 0 saturated carbocycles. The van der Waals surface area contributed by atoms with E-state index in [1.807, 2.05) is 18.2 Å². The molecule has 0 aliphatic carbocycles. The van der Waals surface area contributed by atoms with Crippen molar-refractivity contribution in [1.29, 1.82) is 0 Å². The van der Waals surface area contributed by atoms with Crippen molar-refractivity contribution in [1.82, 2.24) is 0 Å². The van der Waals surface area contributed by atoms with E-state index in [4.69, 9.17) is 5.73 Å². The van der Waals surface area contributed by atoms with E-state index in [2.05, 4.69) is 23.7 Å². The lowest BCUT2D eigenvalue weighted by atomic mass is 10.1. The van der Waals surface area contributed by atoms with Crippen LogP contribution in [-0.2, 0) is 0 Å². The molecule has 0 amide bonds. The molecule has 0 aliphatic rings. The molecule has 1 atom stereocenters. The van der Waals surface area contributed by atoms with E-state index in [1.165, 1.54) is 11.8 Å². The van der Waals surface area contributed by atoms with Crippen LogP contribution in [0.15, 0.2) is 35.7 Å². The zero-order valence-corrected chi connectivity index (χ0v) is 11.3. The Morgan fingerprint density at radius 1 is 1.39 bits per heavy atom. The Kier molecular flexibility index (Phi) is 3.67. The molecule has 1 aromatic carbocycles. The Bertz CT molecular complexity index is 549. The van der Waals surface area contributed by atoms with Gasteiger partial charge in [0.15, 0.2) is 5.78 Å². The van der Waals surface area contributed by atoms with Crippen molar-refractivity contribution in [3.05, 3.63) is 46.2 Å². The van der Waals surface area contributed by atoms with Crippen LogP contribution in [0.4, 0.5) is 11.4 Å². The van der Waals surface area contributed by atoms with Crippen LogP contribution in [0.5, 0.6) is 0 Å². The van der Waals surface area contributed by atoms with Gasteiger partial charge >= 0.3 is 0 Å². The molecule has 0 bridgehead atoms. The van der Waals surface area contributed by atoms with E-state index in [0.29, 0.717) is 11.3 Å². The maximum absolute atomic E-state index is 11.4. The number of rotatable bonds is 4. The maximum atomic E-state index is 11.4. The molecule has 2 aromatic rings. The maximum Gasteiger partial charge on any atom is 0.161 e. The van der Waals surface area contributed by atoms with Crippen LogP contribution >= 0.6 is 11.3 Å². The molecule has 0 aliphatic heterocycles. The first kappa shape index (κ1) is 12.6. The summed E-state index contributed by atoms with van der Waals surface area (Å²) in [5, 5.41) is 5.42. The first-order valence-electron chi connectivity index (χ1n) is 5.78. The summed E-state index contributed by atoms with van der Waals surface area (Å²) in [6.07, 6.45) is 0. The van der Waals surface area contributed by atoms with Crippen LogP contribution in [0.1, 0.15) is 35.1 Å². The van der Waals surface area contributed by atoms with Crippen molar-refractivity contribution in [2.75, 3.05) is 11.1 Å². The molecule has 0 radical (unpaired) electrons. The summed E-state index contributed by atoms with van der Waals surface area (Å²) in [6.45, 7) is 3.62. The average molecular weight is 260 g/mol. The molecule has 1 aromatic heterocycles. The van der Waals surface area contributed by atoms with E-state index < -0.39 is 0 Å². The first-order chi connectivity index (χ1) is 8.58. The highest BCUT2D eigenvalue weighted by molar-refractivity contribution is 7.10. The van der Waals surface area contributed by atoms with Gasteiger partial charge in [-0.3, -0.25) is 4.79 Å². The summed E-state index contributed by atoms with van der Waals surface area (Å²) >= 11 is 1.71. The molecule has 3 N–H and O–H groups in total. The third-order valence-corrected chi connectivity index (χ3v) is 3.84. The molecule has 1 unspecified atom stereocenters. The molecular formula is C14H16N2OS. The van der Waals surface area contributed by atoms with E-state index in [1.54, 1.807) is 17.4 Å². The highest BCUT2D eigenvalue weighted by atomic mass is 32.1. The van der Waals surface area contributed by atoms with Crippen molar-refractivity contribution in [2.45, 2.75) is 19.9 Å². The van der Waals surface area contributed by atoms with Gasteiger partial charge in [-0.05, 0) is 43.5 Å². The minimum atomic E-state index is -0.0140. The predicted molar refractivity (Wildman–Crippen MR) is 77.2 cm³/mol. The third-order valence-electron chi connectivity index (χ3n) is 2.79. The van der Waals surface area contributed by atoms with Gasteiger partial charge in [-0.15, -0.1) is 11.3 Å². The molecule has 94 valence electrons. The molecule has 0 saturated heterocycles. The Labute approximate surface area is 111 Å². The van der Waals surface area contributed by atoms with Gasteiger partial charge in [0.2, 0.25) is 0 Å². The SMILES string of the molecule is CC(=O)c1cc(NC(C)c2cccs2)ccc1N. The fraction of sp³-hybridized carbons (Fsp3) is 0.214. The van der Waals surface area contributed by atoms with E-state index >= 15 is 0 Å². The second kappa shape index (κ2) is 5.23. The molecule has 18 heavy (non-hydrogen) atoms. The standard InChI is InChI=1S/C14H16N2OS/c1-9(14-4-3-7-18-14)16-11-5-6-13(15)12(8-11)10(2)17/h3-9,16H,15H2,1-2H3. The molecule has 0 fully saturated rings. The van der Waals surface area contributed by atoms with Gasteiger partial charge in [-0.2, -0.15) is 0 Å². The van der Waals surface area contributed by atoms with Crippen molar-refractivity contribution in [3.8, 4) is 0 Å². The van der Waals surface area contributed by atoms with Gasteiger partial charge in [0.25, 0.3) is 0 Å². The third kappa shape index (κ3) is 2.71. The quantitative estimate of drug-likeness (QED) is 0.651. The number of carbonyl (C=O) groups excluding carboxylic acids is 1. The molecule has 1 heterocycles. The highest BCUT2D eigenvalue weighted by Gasteiger charge is 2.09. The number of hydrogen-bond donors (Lipinski definition) is 2. The normalized spacial score (nSPS) is 12.1. The van der Waals surface area contributed by atoms with Crippen LogP contribution < -0.4 is 11.1 Å². The Morgan fingerprint density at radius 2 is 2.17 bits per heavy atom. The summed E-state index contributed by atoms with van der Waals surface area (Å²) in [5.74, 6) is -0.0140. The number of anilines is 2. The molecule has 2 rings (SSSR count). The van der Waals surface area contributed by atoms with E-state index in [0.717, 1.165) is 5.69 Å². The van der Waals surface area contributed by atoms with Gasteiger partial charge in [0.1, 0.15) is 0 Å². The van der Waals surface area contributed by atoms with Crippen LogP contribution in [0.25, 0.3) is 0 Å². The molecule has 0 spiro atoms. The second-order valence-electron chi connectivity index (χ2n) is 4.24. The van der Waals surface area contributed by atoms with Crippen molar-refractivity contribution in [3.63, 3.8) is 0 Å². The Balaban J connectivity index is 2.20. The summed E-state index contributed by atoms with van der Waals surface area (Å²) in [4.78, 5) is 12.7. The molecule has 4 heteroatoms. The number of carbonyl (C=O) groups is 1. The van der Waals surface area contributed by atoms with Crippen LogP contribution in [0, 0.1) is 0 Å². The lowest BCUT2D eigenvalue weighted by Crippen LogP contribution is -2.07. The van der Waals surface area contributed by atoms with Crippen molar-refractivity contribution in [2.24, 2.45) is 0 Å². The number of benzene rings is 1. The number of nitrogens with two attached hydrogens (primary N) is 1. The smallest absolute Gasteiger partial charge is 0.161 e. The highest BCUT2D eigenvalue weighted by Crippen LogP contribution is 2.25. The zero-order chi connectivity index (χ0) is 13.1. The van der Waals surface area contributed by atoms with Crippen LogP contribution in [-0.4, -0.2) is 5.78 Å². The van der Waals surface area contributed by atoms with Gasteiger partial charge in [-0.25, -0.2) is 0 Å². The summed E-state index contributed by atoms with van der Waals surface area (Å²) in [5.41, 5.74) is 7.77. The predicted octanol–water partition coefficient (Wildman–Crippen LogP) is 3.71. The van der Waals surface area contributed by atoms with Crippen molar-refractivity contribution < 1.29 is 4.79 Å². The largest absolute Gasteiger partial charge is 0.398 e. The summed E-state index contributed by atoms with van der Waals surface area (Å²) in [7, 11) is 0. The monoisotopic (exact) mass is 260 g/mol. The zero-order valence-electron chi connectivity index (χ0n) is 10.4. The van der Waals surface area contributed by atoms with Crippen LogP contribution in [0.2, 0.25) is 0 Å². The fourth-order valence-corrected chi connectivity index (χ4v) is 2.54. The fourth-order valence-electron chi connectivity index (χ4n) is 1.81. The topological polar surface area (TPSA) is 55.1 Å². The summed E-state index contributed by atoms with van der Waals surface area (Å²) < 4.78 is 0. The lowest BCUT2D eigenvalue weighted by Gasteiger charge is -2.15. The van der Waals surface area contributed by atoms with Crippen molar-refractivity contribution >= 4 is 28.5 Å². The van der Waals surface area contributed by atoms with Gasteiger partial charge in [0, 0.05) is 21.8 Å². The lowest BCUT2D eigenvalue weighted by molar-refractivity contribution is 0.101. The number of thiophene rings is 1. The number of nitrogen functional groups attached to an aromatic ring is 1. The van der Waals surface area contributed by atoms with E-state index in [9.17, 15) is 4.79 Å². The Morgan fingerprint density at radius 3 is 2.78 bits per heavy atom. The molecular weight excluding hydrogens is 244 g/mol. The minimum Gasteiger partial charge on any atom is -0.398 e. The number of nitrogens with one attached hydrogen (secondary N) is 1. The van der Waals surface area contributed by atoms with Gasteiger partial charge in [0.05, 0.1) is 6.04 Å². The average Bonchev–Trinajstić information content (AvgIpc) is 2.85. The summed E-state index contributed by atoms with van der Waals surface area (Å²) in [6, 6.07) is 9.80. The Hall–Kier alpha value is -1.81. The van der Waals surface area contributed by atoms with Gasteiger partial charge < -0.3 is 11.1 Å². The number of Topliss-reactive ketones (excluding diaryl/α,β-unsaturated/α-hetero) is 1. The first-order valence-corrected chi connectivity index (χ1v) is 6.66. The van der Waals surface area contributed by atoms with Gasteiger partial charge in [-0.1, -0.05) is 6.07 Å². The number of hydrogen-bond acceptors (Lipinski definition) is 4.